The Labute approximate surface area is 61.0 Å². The maximum Gasteiger partial charge on any atom is 0.0485 e. The number of nitrogens with one attached hydrogen (secondary N) is 1. The van der Waals surface area contributed by atoms with E-state index in [1.807, 2.05) is 24.3 Å². The van der Waals surface area contributed by atoms with Crippen molar-refractivity contribution in [1.82, 2.24) is 0 Å². The summed E-state index contributed by atoms with van der Waals surface area (Å²) in [4.78, 5) is 0. The van der Waals surface area contributed by atoms with Crippen LogP contribution in [-0.2, 0) is 6.42 Å². The summed E-state index contributed by atoms with van der Waals surface area (Å²) in [6.07, 6.45) is 0.824. The molecule has 0 spiro atoms. The zero-order valence-electron chi connectivity index (χ0n) is 5.80. The van der Waals surface area contributed by atoms with Crippen molar-refractivity contribution in [3.05, 3.63) is 36.8 Å². The predicted molar refractivity (Wildman–Crippen MR) is 43.3 cm³/mol. The van der Waals surface area contributed by atoms with E-state index in [0.717, 1.165) is 12.1 Å². The molecule has 2 nitrogen and oxygen atoms in total. The van der Waals surface area contributed by atoms with Gasteiger partial charge in [-0.25, -0.2) is 0 Å². The van der Waals surface area contributed by atoms with Crippen LogP contribution in [0.1, 0.15) is 5.56 Å². The number of hydrazine groups is 1. The van der Waals surface area contributed by atoms with E-state index in [4.69, 9.17) is 5.84 Å². The Morgan fingerprint density at radius 1 is 1.30 bits per heavy atom. The second-order valence-electron chi connectivity index (χ2n) is 2.09. The summed E-state index contributed by atoms with van der Waals surface area (Å²) in [6, 6.07) is 7.87. The van der Waals surface area contributed by atoms with E-state index in [1.54, 1.807) is 0 Å². The summed E-state index contributed by atoms with van der Waals surface area (Å²) in [5.41, 5.74) is 4.71. The Kier molecular flexibility index (Phi) is 2.29. The van der Waals surface area contributed by atoms with Crippen LogP contribution in [0.5, 0.6) is 0 Å². The fourth-order valence-corrected chi connectivity index (χ4v) is 0.768. The normalized spacial score (nSPS) is 9.40. The van der Waals surface area contributed by atoms with E-state index >= 15 is 0 Å². The fraction of sp³-hybridized carbons (Fsp3) is 0.125. The van der Waals surface area contributed by atoms with Crippen molar-refractivity contribution in [3.63, 3.8) is 0 Å². The first kappa shape index (κ1) is 7.09. The van der Waals surface area contributed by atoms with E-state index in [0.29, 0.717) is 0 Å². The first-order valence-corrected chi connectivity index (χ1v) is 3.21. The van der Waals surface area contributed by atoms with Crippen LogP contribution in [0.25, 0.3) is 0 Å². The van der Waals surface area contributed by atoms with E-state index in [9.17, 15) is 0 Å². The molecule has 0 aliphatic rings. The van der Waals surface area contributed by atoms with Crippen molar-refractivity contribution in [2.24, 2.45) is 5.84 Å². The fourth-order valence-electron chi connectivity index (χ4n) is 0.768. The van der Waals surface area contributed by atoms with Crippen molar-refractivity contribution in [2.45, 2.75) is 6.42 Å². The molecule has 1 aromatic rings. The Morgan fingerprint density at radius 3 is 2.30 bits per heavy atom. The molecule has 10 heavy (non-hydrogen) atoms. The van der Waals surface area contributed by atoms with Gasteiger partial charge in [-0.2, -0.15) is 0 Å². The van der Waals surface area contributed by atoms with Crippen molar-refractivity contribution < 1.29 is 0 Å². The SMILES string of the molecule is [CH2]Cc1ccc(NN)cc1. The Morgan fingerprint density at radius 2 is 1.90 bits per heavy atom. The van der Waals surface area contributed by atoms with Crippen LogP contribution in [0.15, 0.2) is 24.3 Å². The molecule has 0 bridgehead atoms. The van der Waals surface area contributed by atoms with Crippen LogP contribution in [0.4, 0.5) is 5.69 Å². The highest BCUT2D eigenvalue weighted by atomic mass is 15.2. The van der Waals surface area contributed by atoms with Crippen LogP contribution >= 0.6 is 0 Å². The second kappa shape index (κ2) is 3.22. The molecule has 0 saturated carbocycles. The van der Waals surface area contributed by atoms with Crippen molar-refractivity contribution in [1.29, 1.82) is 0 Å². The lowest BCUT2D eigenvalue weighted by molar-refractivity contribution is 1.26. The van der Waals surface area contributed by atoms with E-state index in [2.05, 4.69) is 12.3 Å². The minimum atomic E-state index is 0.824. The van der Waals surface area contributed by atoms with Gasteiger partial charge in [0.25, 0.3) is 0 Å². The average Bonchev–Trinajstić information content (AvgIpc) is 2.05. The number of anilines is 1. The summed E-state index contributed by atoms with van der Waals surface area (Å²) in [5.74, 6) is 5.18. The van der Waals surface area contributed by atoms with Gasteiger partial charge in [-0.05, 0) is 31.0 Å². The zero-order valence-corrected chi connectivity index (χ0v) is 5.80. The number of nitrogen functional groups attached to an aromatic ring is 1. The molecule has 2 heteroatoms. The van der Waals surface area contributed by atoms with Gasteiger partial charge in [0.2, 0.25) is 0 Å². The lowest BCUT2D eigenvalue weighted by atomic mass is 10.2. The predicted octanol–water partition coefficient (Wildman–Crippen LogP) is 1.35. The first-order valence-electron chi connectivity index (χ1n) is 3.21. The molecule has 1 rings (SSSR count). The lowest BCUT2D eigenvalue weighted by Gasteiger charge is -1.99. The molecule has 0 aromatic heterocycles. The van der Waals surface area contributed by atoms with Gasteiger partial charge in [0.15, 0.2) is 0 Å². The topological polar surface area (TPSA) is 38.0 Å². The molecule has 1 aromatic carbocycles. The van der Waals surface area contributed by atoms with Crippen LogP contribution in [0.2, 0.25) is 0 Å². The molecule has 0 amide bonds. The van der Waals surface area contributed by atoms with Gasteiger partial charge in [0.05, 0.1) is 0 Å². The Bertz CT molecular complexity index is 168. The zero-order chi connectivity index (χ0) is 7.40. The van der Waals surface area contributed by atoms with Crippen LogP contribution in [-0.4, -0.2) is 0 Å². The minimum absolute atomic E-state index is 0.824. The van der Waals surface area contributed by atoms with Gasteiger partial charge in [-0.3, -0.25) is 5.84 Å². The summed E-state index contributed by atoms with van der Waals surface area (Å²) in [7, 11) is 0. The molecule has 0 fully saturated rings. The van der Waals surface area contributed by atoms with E-state index in [-0.39, 0.29) is 0 Å². The molecule has 0 aliphatic carbocycles. The van der Waals surface area contributed by atoms with Gasteiger partial charge in [0, 0.05) is 5.69 Å². The lowest BCUT2D eigenvalue weighted by Crippen LogP contribution is -2.06. The number of hydrogen-bond acceptors (Lipinski definition) is 2. The third kappa shape index (κ3) is 1.48. The molecule has 53 valence electrons. The average molecular weight is 135 g/mol. The monoisotopic (exact) mass is 135 g/mol. The van der Waals surface area contributed by atoms with Gasteiger partial charge in [0.1, 0.15) is 0 Å². The molecule has 0 atom stereocenters. The van der Waals surface area contributed by atoms with E-state index in [1.165, 1.54) is 5.56 Å². The van der Waals surface area contributed by atoms with Crippen molar-refractivity contribution in [2.75, 3.05) is 5.43 Å². The van der Waals surface area contributed by atoms with Gasteiger partial charge in [-0.1, -0.05) is 12.1 Å². The highest BCUT2D eigenvalue weighted by molar-refractivity contribution is 5.43. The highest BCUT2D eigenvalue weighted by Crippen LogP contribution is 2.07. The third-order valence-electron chi connectivity index (χ3n) is 1.41. The standard InChI is InChI=1S/C8H11N2/c1-2-7-3-5-8(10-9)6-4-7/h3-6,10H,1-2,9H2. The highest BCUT2D eigenvalue weighted by Gasteiger charge is 1.87. The third-order valence-corrected chi connectivity index (χ3v) is 1.41. The summed E-state index contributed by atoms with van der Waals surface area (Å²) < 4.78 is 0. The molecule has 3 N–H and O–H groups in total. The smallest absolute Gasteiger partial charge is 0.0485 e. The van der Waals surface area contributed by atoms with Crippen LogP contribution in [0, 0.1) is 6.92 Å². The number of rotatable bonds is 2. The summed E-state index contributed by atoms with van der Waals surface area (Å²) in [5, 5.41) is 0. The minimum Gasteiger partial charge on any atom is -0.324 e. The molecular formula is C8H11N2. The first-order chi connectivity index (χ1) is 4.86. The van der Waals surface area contributed by atoms with Gasteiger partial charge in [-0.15, -0.1) is 0 Å². The van der Waals surface area contributed by atoms with Gasteiger partial charge >= 0.3 is 0 Å². The number of hydrogen-bond donors (Lipinski definition) is 2. The number of benzene rings is 1. The van der Waals surface area contributed by atoms with Crippen LogP contribution < -0.4 is 11.3 Å². The maximum absolute atomic E-state index is 5.18. The van der Waals surface area contributed by atoms with Crippen molar-refractivity contribution >= 4 is 5.69 Å². The molecular weight excluding hydrogens is 124 g/mol. The van der Waals surface area contributed by atoms with Gasteiger partial charge < -0.3 is 5.43 Å². The summed E-state index contributed by atoms with van der Waals surface area (Å²) >= 11 is 0. The second-order valence-corrected chi connectivity index (χ2v) is 2.09. The molecule has 1 radical (unpaired) electrons. The van der Waals surface area contributed by atoms with E-state index < -0.39 is 0 Å². The summed E-state index contributed by atoms with van der Waals surface area (Å²) in [6.45, 7) is 3.76. The quantitative estimate of drug-likeness (QED) is 0.474. The molecule has 0 unspecified atom stereocenters. The molecule has 0 heterocycles. The Balaban J connectivity index is 2.80. The molecule has 0 aliphatic heterocycles. The number of nitrogens with two attached hydrogens (primary N) is 1. The maximum atomic E-state index is 5.18. The largest absolute Gasteiger partial charge is 0.324 e. The molecule has 0 saturated heterocycles. The Hall–Kier alpha value is -1.02. The van der Waals surface area contributed by atoms with Crippen molar-refractivity contribution in [3.8, 4) is 0 Å². The van der Waals surface area contributed by atoms with Crippen LogP contribution in [0.3, 0.4) is 0 Å².